The molecule has 2 saturated carbocycles. The van der Waals surface area contributed by atoms with Crippen LogP contribution in [0.2, 0.25) is 0 Å². The van der Waals surface area contributed by atoms with E-state index in [1.807, 2.05) is 0 Å². The molecule has 0 radical (unpaired) electrons. The number of hydrogen-bond acceptors (Lipinski definition) is 8. The van der Waals surface area contributed by atoms with E-state index in [1.54, 1.807) is 0 Å². The van der Waals surface area contributed by atoms with Crippen LogP contribution in [0.15, 0.2) is 0 Å². The molecular formula is C25H36N6O8+2. The number of carbonyl (C=O) groups excluding carboxylic acids is 6. The van der Waals surface area contributed by atoms with Crippen LogP contribution in [-0.2, 0) is 28.8 Å². The predicted molar refractivity (Wildman–Crippen MR) is 130 cm³/mol. The summed E-state index contributed by atoms with van der Waals surface area (Å²) in [6, 6.07) is -2.17. The number of hydrazine groups is 4. The number of carbonyl (C=O) groups is 6. The number of rotatable bonds is 4. The highest BCUT2D eigenvalue weighted by Crippen LogP contribution is 2.42. The Morgan fingerprint density at radius 2 is 0.897 bits per heavy atom. The molecule has 4 aliphatic rings. The Morgan fingerprint density at radius 1 is 0.590 bits per heavy atom. The molecule has 2 heterocycles. The van der Waals surface area contributed by atoms with E-state index < -0.39 is 47.5 Å². The first-order valence-corrected chi connectivity index (χ1v) is 13.6. The van der Waals surface area contributed by atoms with Crippen LogP contribution in [0, 0.1) is 33.5 Å². The van der Waals surface area contributed by atoms with Crippen LogP contribution in [0.25, 0.3) is 0 Å². The van der Waals surface area contributed by atoms with Crippen molar-refractivity contribution in [3.05, 3.63) is 9.81 Å². The number of hydrogen-bond donors (Lipinski definition) is 0. The topological polar surface area (TPSA) is 156 Å². The van der Waals surface area contributed by atoms with Crippen LogP contribution in [0.1, 0.15) is 85.5 Å². The highest BCUT2D eigenvalue weighted by Gasteiger charge is 2.62. The van der Waals surface area contributed by atoms with Gasteiger partial charge in [-0.3, -0.25) is 28.8 Å². The summed E-state index contributed by atoms with van der Waals surface area (Å²) in [6.07, 6.45) is 6.77. The van der Waals surface area contributed by atoms with E-state index in [1.165, 1.54) is 0 Å². The summed E-state index contributed by atoms with van der Waals surface area (Å²) in [5, 5.41) is 2.44. The Kier molecular flexibility index (Phi) is 7.94. The lowest BCUT2D eigenvalue weighted by atomic mass is 9.71. The van der Waals surface area contributed by atoms with Gasteiger partial charge in [-0.15, -0.1) is 10.0 Å². The quantitative estimate of drug-likeness (QED) is 0.478. The van der Waals surface area contributed by atoms with E-state index in [0.29, 0.717) is 67.5 Å². The van der Waals surface area contributed by atoms with Crippen molar-refractivity contribution in [1.82, 2.24) is 20.3 Å². The largest absolute Gasteiger partial charge is 0.330 e. The average Bonchev–Trinajstić information content (AvgIpc) is 3.29. The van der Waals surface area contributed by atoms with Crippen molar-refractivity contribution < 1.29 is 38.5 Å². The Balaban J connectivity index is 1.30. The summed E-state index contributed by atoms with van der Waals surface area (Å²) in [7, 11) is 0. The molecule has 0 aromatic carbocycles. The Labute approximate surface area is 225 Å². The van der Waals surface area contributed by atoms with E-state index >= 15 is 0 Å². The van der Waals surface area contributed by atoms with Crippen LogP contribution >= 0.6 is 0 Å². The Morgan fingerprint density at radius 3 is 1.13 bits per heavy atom. The minimum atomic E-state index is -1.09. The molecule has 212 valence electrons. The molecule has 2 unspecified atom stereocenters. The lowest BCUT2D eigenvalue weighted by molar-refractivity contribution is -0.715. The van der Waals surface area contributed by atoms with Crippen molar-refractivity contribution >= 4 is 35.4 Å². The van der Waals surface area contributed by atoms with Crippen LogP contribution in [0.5, 0.6) is 0 Å². The van der Waals surface area contributed by atoms with Crippen LogP contribution < -0.4 is 0 Å². The fourth-order valence-electron chi connectivity index (χ4n) is 6.89. The van der Waals surface area contributed by atoms with E-state index in [-0.39, 0.29) is 11.8 Å². The maximum Gasteiger partial charge on any atom is 0.330 e. The van der Waals surface area contributed by atoms with Crippen molar-refractivity contribution in [3.63, 3.8) is 0 Å². The number of imide groups is 2. The molecule has 2 aliphatic heterocycles. The van der Waals surface area contributed by atoms with Crippen LogP contribution in [-0.4, -0.2) is 77.5 Å². The molecule has 6 amide bonds. The van der Waals surface area contributed by atoms with Gasteiger partial charge in [0.05, 0.1) is 9.81 Å². The second-order valence-electron chi connectivity index (χ2n) is 11.2. The van der Waals surface area contributed by atoms with Crippen LogP contribution in [0.4, 0.5) is 0 Å². The summed E-state index contributed by atoms with van der Waals surface area (Å²) in [4.78, 5) is 99.7. The standard InChI is InChI=1S/C25H36N6O8/c1-14(32)26-24(36)22(30(38)28(26)16(3)34)20-9-5-18(6-10-20)13-19-7-11-21(12-8-19)23-25(37)27(15(2)33)29(17(4)35)31(23)39/h18-23H,5-13H2,1-4H3/q+2. The van der Waals surface area contributed by atoms with Crippen molar-refractivity contribution in [2.75, 3.05) is 0 Å². The first-order chi connectivity index (χ1) is 18.3. The zero-order chi connectivity index (χ0) is 28.8. The average molecular weight is 549 g/mol. The van der Waals surface area contributed by atoms with Crippen molar-refractivity contribution in [2.45, 2.75) is 97.6 Å². The number of nitrogens with zero attached hydrogens (tertiary/aromatic N) is 6. The highest BCUT2D eigenvalue weighted by atomic mass is 16.4. The molecule has 0 bridgehead atoms. The second-order valence-corrected chi connectivity index (χ2v) is 11.2. The number of nitroso groups, excluding NO2 is 2. The van der Waals surface area contributed by atoms with Gasteiger partial charge in [0.2, 0.25) is 11.8 Å². The van der Waals surface area contributed by atoms with Gasteiger partial charge < -0.3 is 0 Å². The van der Waals surface area contributed by atoms with Gasteiger partial charge in [-0.2, -0.15) is 0 Å². The number of amides is 6. The van der Waals surface area contributed by atoms with Gasteiger partial charge in [-0.1, -0.05) is 0 Å². The van der Waals surface area contributed by atoms with Gasteiger partial charge in [0.1, 0.15) is 0 Å². The molecule has 0 aromatic heterocycles. The van der Waals surface area contributed by atoms with Crippen molar-refractivity contribution in [3.8, 4) is 0 Å². The molecule has 2 saturated heterocycles. The fraction of sp³-hybridized carbons (Fsp3) is 0.760. The monoisotopic (exact) mass is 548 g/mol. The molecule has 4 fully saturated rings. The molecule has 0 aromatic rings. The summed E-state index contributed by atoms with van der Waals surface area (Å²) in [5.74, 6) is -3.75. The maximum atomic E-state index is 12.8. The minimum Gasteiger partial charge on any atom is -0.273 e. The smallest absolute Gasteiger partial charge is 0.273 e. The van der Waals surface area contributed by atoms with E-state index in [2.05, 4.69) is 0 Å². The summed E-state index contributed by atoms with van der Waals surface area (Å²) in [6.45, 7) is 4.56. The van der Waals surface area contributed by atoms with Gasteiger partial charge in [0.25, 0.3) is 0 Å². The second kappa shape index (κ2) is 10.9. The molecule has 14 nitrogen and oxygen atoms in total. The predicted octanol–water partition coefficient (Wildman–Crippen LogP) is 1.42. The molecule has 0 spiro atoms. The molecule has 2 atom stereocenters. The molecule has 14 heteroatoms. The SMILES string of the molecule is CC(=O)N1C(=O)C(C2CCC(CC3CCC(C4C(=O)N(C(C)=O)N(C(C)=O)[N+]4=O)CC3)CC2)[N+](=O)N1C(C)=O. The molecular weight excluding hydrogens is 512 g/mol. The van der Waals surface area contributed by atoms with E-state index in [0.717, 1.165) is 59.8 Å². The third kappa shape index (κ3) is 5.08. The van der Waals surface area contributed by atoms with E-state index in [4.69, 9.17) is 0 Å². The van der Waals surface area contributed by atoms with Gasteiger partial charge in [0, 0.05) is 49.8 Å². The summed E-state index contributed by atoms with van der Waals surface area (Å²) < 4.78 is 0. The Bertz CT molecular complexity index is 974. The summed E-state index contributed by atoms with van der Waals surface area (Å²) in [5.41, 5.74) is 0. The zero-order valence-electron chi connectivity index (χ0n) is 22.8. The molecule has 2 aliphatic carbocycles. The van der Waals surface area contributed by atoms with Gasteiger partial charge >= 0.3 is 35.7 Å². The molecule has 4 rings (SSSR count). The molecule has 39 heavy (non-hydrogen) atoms. The van der Waals surface area contributed by atoms with Crippen molar-refractivity contribution in [2.24, 2.45) is 23.7 Å². The fourth-order valence-corrected chi connectivity index (χ4v) is 6.89. The maximum absolute atomic E-state index is 12.8. The lowest BCUT2D eigenvalue weighted by Crippen LogP contribution is -2.46. The first-order valence-electron chi connectivity index (χ1n) is 13.6. The summed E-state index contributed by atoms with van der Waals surface area (Å²) >= 11 is 0. The highest BCUT2D eigenvalue weighted by molar-refractivity contribution is 5.99. The van der Waals surface area contributed by atoms with Gasteiger partial charge in [-0.05, 0) is 69.6 Å². The Hall–Kier alpha value is -3.58. The van der Waals surface area contributed by atoms with Crippen molar-refractivity contribution in [1.29, 1.82) is 0 Å². The minimum absolute atomic E-state index is 0.252. The van der Waals surface area contributed by atoms with E-state index in [9.17, 15) is 38.6 Å². The third-order valence-electron chi connectivity index (χ3n) is 8.65. The third-order valence-corrected chi connectivity index (χ3v) is 8.65. The van der Waals surface area contributed by atoms with Gasteiger partial charge in [-0.25, -0.2) is 0 Å². The zero-order valence-corrected chi connectivity index (χ0v) is 22.8. The van der Waals surface area contributed by atoms with Gasteiger partial charge in [0.15, 0.2) is 9.74 Å². The first kappa shape index (κ1) is 28.4. The normalized spacial score (nSPS) is 31.8. The van der Waals surface area contributed by atoms with Crippen LogP contribution in [0.3, 0.4) is 0 Å². The lowest BCUT2D eigenvalue weighted by Gasteiger charge is -2.33. The molecule has 0 N–H and O–H groups in total.